The topological polar surface area (TPSA) is 55.0 Å². The van der Waals surface area contributed by atoms with Crippen molar-refractivity contribution < 1.29 is 9.53 Å². The van der Waals surface area contributed by atoms with Crippen molar-refractivity contribution in [2.45, 2.75) is 6.92 Å². The molecule has 0 fully saturated rings. The van der Waals surface area contributed by atoms with E-state index in [1.807, 2.05) is 60.0 Å². The van der Waals surface area contributed by atoms with Crippen LogP contribution in [0.2, 0.25) is 0 Å². The first kappa shape index (κ1) is 15.2. The quantitative estimate of drug-likeness (QED) is 0.704. The number of nitrogens with one attached hydrogen (secondary N) is 1. The minimum Gasteiger partial charge on any atom is -0.461 e. The Kier molecular flexibility index (Phi) is 4.68. The number of rotatable bonds is 5. The molecule has 0 bridgehead atoms. The SMILES string of the molecule is CCOC(=O)c1nc(-c2cccs2)[nH]c1/C=C/c1ccccc1. The molecule has 0 aliphatic heterocycles. The lowest BCUT2D eigenvalue weighted by Gasteiger charge is -1.98. The second kappa shape index (κ2) is 7.07. The highest BCUT2D eigenvalue weighted by Gasteiger charge is 2.18. The molecule has 0 unspecified atom stereocenters. The van der Waals surface area contributed by atoms with Gasteiger partial charge >= 0.3 is 5.97 Å². The zero-order valence-corrected chi connectivity index (χ0v) is 13.5. The van der Waals surface area contributed by atoms with Crippen molar-refractivity contribution >= 4 is 29.5 Å². The van der Waals surface area contributed by atoms with E-state index in [2.05, 4.69) is 9.97 Å². The van der Waals surface area contributed by atoms with Gasteiger partial charge in [0.25, 0.3) is 0 Å². The molecule has 0 saturated heterocycles. The molecular formula is C18H16N2O2S. The summed E-state index contributed by atoms with van der Waals surface area (Å²) in [4.78, 5) is 20.7. The number of thiophene rings is 1. The van der Waals surface area contributed by atoms with Gasteiger partial charge in [-0.3, -0.25) is 0 Å². The number of ether oxygens (including phenoxy) is 1. The van der Waals surface area contributed by atoms with Gasteiger partial charge in [0.05, 0.1) is 17.2 Å². The Balaban J connectivity index is 1.96. The minimum atomic E-state index is -0.417. The van der Waals surface area contributed by atoms with Gasteiger partial charge < -0.3 is 9.72 Å². The van der Waals surface area contributed by atoms with Crippen LogP contribution in [0.5, 0.6) is 0 Å². The summed E-state index contributed by atoms with van der Waals surface area (Å²) in [5.74, 6) is 0.259. The maximum Gasteiger partial charge on any atom is 0.359 e. The molecule has 0 saturated carbocycles. The first-order valence-electron chi connectivity index (χ1n) is 7.32. The van der Waals surface area contributed by atoms with Crippen molar-refractivity contribution in [1.29, 1.82) is 0 Å². The Morgan fingerprint density at radius 1 is 1.22 bits per heavy atom. The Morgan fingerprint density at radius 2 is 2.04 bits per heavy atom. The van der Waals surface area contributed by atoms with Gasteiger partial charge in [0.2, 0.25) is 0 Å². The summed E-state index contributed by atoms with van der Waals surface area (Å²) < 4.78 is 5.10. The zero-order valence-electron chi connectivity index (χ0n) is 12.7. The van der Waals surface area contributed by atoms with Crippen molar-refractivity contribution in [3.63, 3.8) is 0 Å². The molecule has 0 aliphatic carbocycles. The summed E-state index contributed by atoms with van der Waals surface area (Å²) in [6.07, 6.45) is 3.79. The Labute approximate surface area is 138 Å². The number of H-pyrrole nitrogens is 1. The summed E-state index contributed by atoms with van der Waals surface area (Å²) in [7, 11) is 0. The monoisotopic (exact) mass is 324 g/mol. The predicted octanol–water partition coefficient (Wildman–Crippen LogP) is 4.49. The van der Waals surface area contributed by atoms with Crippen LogP contribution in [0, 0.1) is 0 Å². The predicted molar refractivity (Wildman–Crippen MR) is 93.2 cm³/mol. The lowest BCUT2D eigenvalue weighted by atomic mass is 10.2. The Morgan fingerprint density at radius 3 is 2.74 bits per heavy atom. The largest absolute Gasteiger partial charge is 0.461 e. The highest BCUT2D eigenvalue weighted by atomic mass is 32.1. The molecule has 2 aromatic heterocycles. The number of aromatic amines is 1. The van der Waals surface area contributed by atoms with Crippen molar-refractivity contribution in [2.24, 2.45) is 0 Å². The third-order valence-electron chi connectivity index (χ3n) is 3.20. The summed E-state index contributed by atoms with van der Waals surface area (Å²) in [5, 5.41) is 1.97. The lowest BCUT2D eigenvalue weighted by Crippen LogP contribution is -2.06. The zero-order chi connectivity index (χ0) is 16.1. The average Bonchev–Trinajstić information content (AvgIpc) is 3.23. The van der Waals surface area contributed by atoms with E-state index in [9.17, 15) is 4.79 Å². The number of nitrogens with zero attached hydrogens (tertiary/aromatic N) is 1. The van der Waals surface area contributed by atoms with Crippen LogP contribution in [0.15, 0.2) is 47.8 Å². The highest BCUT2D eigenvalue weighted by molar-refractivity contribution is 7.13. The van der Waals surface area contributed by atoms with Crippen LogP contribution in [0.1, 0.15) is 28.7 Å². The van der Waals surface area contributed by atoms with Crippen LogP contribution in [0.4, 0.5) is 0 Å². The number of hydrogen-bond acceptors (Lipinski definition) is 4. The number of aromatic nitrogens is 2. The highest BCUT2D eigenvalue weighted by Crippen LogP contribution is 2.24. The molecule has 0 aliphatic rings. The van der Waals surface area contributed by atoms with E-state index in [0.29, 0.717) is 23.8 Å². The first-order chi connectivity index (χ1) is 11.3. The summed E-state index contributed by atoms with van der Waals surface area (Å²) in [5.41, 5.74) is 2.01. The maximum atomic E-state index is 12.1. The fourth-order valence-corrected chi connectivity index (χ4v) is 2.81. The molecular weight excluding hydrogens is 308 g/mol. The van der Waals surface area contributed by atoms with E-state index in [4.69, 9.17) is 4.74 Å². The fraction of sp³-hybridized carbons (Fsp3) is 0.111. The number of carbonyl (C=O) groups is 1. The molecule has 5 heteroatoms. The third kappa shape index (κ3) is 3.57. The molecule has 0 atom stereocenters. The van der Waals surface area contributed by atoms with Gasteiger partial charge in [0, 0.05) is 0 Å². The lowest BCUT2D eigenvalue weighted by molar-refractivity contribution is 0.0520. The number of hydrogen-bond donors (Lipinski definition) is 1. The third-order valence-corrected chi connectivity index (χ3v) is 4.07. The molecule has 4 nitrogen and oxygen atoms in total. The molecule has 3 rings (SSSR count). The van der Waals surface area contributed by atoms with E-state index in [1.165, 1.54) is 0 Å². The van der Waals surface area contributed by atoms with Crippen LogP contribution >= 0.6 is 11.3 Å². The molecule has 116 valence electrons. The summed E-state index contributed by atoms with van der Waals surface area (Å²) in [6, 6.07) is 13.8. The normalized spacial score (nSPS) is 11.0. The van der Waals surface area contributed by atoms with E-state index in [-0.39, 0.29) is 0 Å². The van der Waals surface area contributed by atoms with Crippen molar-refractivity contribution in [3.05, 3.63) is 64.8 Å². The Hall–Kier alpha value is -2.66. The minimum absolute atomic E-state index is 0.308. The second-order valence-electron chi connectivity index (χ2n) is 4.79. The van der Waals surface area contributed by atoms with E-state index in [0.717, 1.165) is 10.4 Å². The van der Waals surface area contributed by atoms with Gasteiger partial charge in [-0.2, -0.15) is 0 Å². The van der Waals surface area contributed by atoms with Gasteiger partial charge in [-0.05, 0) is 30.0 Å². The van der Waals surface area contributed by atoms with Crippen LogP contribution in [-0.2, 0) is 4.74 Å². The first-order valence-corrected chi connectivity index (χ1v) is 8.20. The molecule has 23 heavy (non-hydrogen) atoms. The van der Waals surface area contributed by atoms with Crippen LogP contribution in [-0.4, -0.2) is 22.5 Å². The van der Waals surface area contributed by atoms with Gasteiger partial charge in [-0.15, -0.1) is 11.3 Å². The number of imidazole rings is 1. The van der Waals surface area contributed by atoms with Gasteiger partial charge in [0.1, 0.15) is 5.82 Å². The number of carbonyl (C=O) groups excluding carboxylic acids is 1. The Bertz CT molecular complexity index is 805. The molecule has 2 heterocycles. The average molecular weight is 324 g/mol. The van der Waals surface area contributed by atoms with E-state index >= 15 is 0 Å². The van der Waals surface area contributed by atoms with Crippen molar-refractivity contribution in [3.8, 4) is 10.7 Å². The van der Waals surface area contributed by atoms with Gasteiger partial charge in [-0.1, -0.05) is 42.5 Å². The summed E-state index contributed by atoms with van der Waals surface area (Å²) >= 11 is 1.57. The van der Waals surface area contributed by atoms with Crippen LogP contribution < -0.4 is 0 Å². The summed E-state index contributed by atoms with van der Waals surface area (Å²) in [6.45, 7) is 2.10. The molecule has 0 amide bonds. The van der Waals surface area contributed by atoms with Gasteiger partial charge in [-0.25, -0.2) is 9.78 Å². The molecule has 0 radical (unpaired) electrons. The number of esters is 1. The van der Waals surface area contributed by atoms with Crippen molar-refractivity contribution in [2.75, 3.05) is 6.61 Å². The van der Waals surface area contributed by atoms with E-state index < -0.39 is 5.97 Å². The van der Waals surface area contributed by atoms with Crippen LogP contribution in [0.25, 0.3) is 22.9 Å². The van der Waals surface area contributed by atoms with Gasteiger partial charge in [0.15, 0.2) is 5.69 Å². The molecule has 1 aromatic carbocycles. The molecule has 3 aromatic rings. The van der Waals surface area contributed by atoms with Crippen molar-refractivity contribution in [1.82, 2.24) is 9.97 Å². The molecule has 1 N–H and O–H groups in total. The molecule has 0 spiro atoms. The second-order valence-corrected chi connectivity index (χ2v) is 5.74. The maximum absolute atomic E-state index is 12.1. The smallest absolute Gasteiger partial charge is 0.359 e. The standard InChI is InChI=1S/C18H16N2O2S/c1-2-22-18(21)16-14(11-10-13-7-4-3-5-8-13)19-17(20-16)15-9-6-12-23-15/h3-12H,2H2,1H3,(H,19,20)/b11-10+. The number of benzene rings is 1. The fourth-order valence-electron chi connectivity index (χ4n) is 2.14. The van der Waals surface area contributed by atoms with E-state index in [1.54, 1.807) is 18.3 Å². The van der Waals surface area contributed by atoms with Crippen LogP contribution in [0.3, 0.4) is 0 Å².